The number of nitrogens with zero attached hydrogens (tertiary/aromatic N) is 1. The third kappa shape index (κ3) is 4.21. The van der Waals surface area contributed by atoms with E-state index in [2.05, 4.69) is 193 Å². The molecule has 2 aliphatic heterocycles. The number of para-hydroxylation sites is 3. The SMILES string of the molecule is c1ccc(-c2ccc3c(c2)C2(c4ccccc4S3)c3ccccc3Sc3c(-c4cccc5c6ccccc6n(-c6ccccc6)c45)cccc32)cc1. The van der Waals surface area contributed by atoms with Crippen molar-refractivity contribution >= 4 is 45.3 Å². The Morgan fingerprint density at radius 3 is 1.79 bits per heavy atom. The van der Waals surface area contributed by atoms with Crippen LogP contribution < -0.4 is 0 Å². The maximum absolute atomic E-state index is 2.48. The zero-order valence-electron chi connectivity index (χ0n) is 28.2. The predicted octanol–water partition coefficient (Wildman–Crippen LogP) is 13.4. The van der Waals surface area contributed by atoms with Gasteiger partial charge in [-0.2, -0.15) is 0 Å². The first-order chi connectivity index (χ1) is 25.8. The van der Waals surface area contributed by atoms with Gasteiger partial charge in [0.1, 0.15) is 0 Å². The molecular formula is C49H31NS2. The van der Waals surface area contributed by atoms with Gasteiger partial charge in [-0.05, 0) is 81.4 Å². The van der Waals surface area contributed by atoms with Gasteiger partial charge in [-0.25, -0.2) is 0 Å². The molecule has 2 aliphatic rings. The highest BCUT2D eigenvalue weighted by Crippen LogP contribution is 2.63. The Morgan fingerprint density at radius 1 is 0.385 bits per heavy atom. The molecule has 0 saturated carbocycles. The van der Waals surface area contributed by atoms with Crippen LogP contribution in [0.15, 0.2) is 208 Å². The Bertz CT molecular complexity index is 2840. The number of rotatable bonds is 3. The molecule has 0 saturated heterocycles. The second-order valence-electron chi connectivity index (χ2n) is 13.6. The molecule has 8 aromatic carbocycles. The van der Waals surface area contributed by atoms with E-state index in [1.54, 1.807) is 0 Å². The van der Waals surface area contributed by atoms with E-state index < -0.39 is 5.41 Å². The van der Waals surface area contributed by atoms with Gasteiger partial charge in [0, 0.05) is 41.6 Å². The molecule has 0 aliphatic carbocycles. The molecule has 1 atom stereocenters. The van der Waals surface area contributed by atoms with Crippen molar-refractivity contribution in [2.24, 2.45) is 0 Å². The number of hydrogen-bond acceptors (Lipinski definition) is 2. The molecule has 11 rings (SSSR count). The third-order valence-electron chi connectivity index (χ3n) is 10.9. The lowest BCUT2D eigenvalue weighted by atomic mass is 9.64. The summed E-state index contributed by atoms with van der Waals surface area (Å²) >= 11 is 3.82. The fraction of sp³-hybridized carbons (Fsp3) is 0.0204. The minimum absolute atomic E-state index is 0.505. The fourth-order valence-corrected chi connectivity index (χ4v) is 11.3. The van der Waals surface area contributed by atoms with Crippen LogP contribution in [-0.4, -0.2) is 4.57 Å². The monoisotopic (exact) mass is 697 g/mol. The number of hydrogen-bond donors (Lipinski definition) is 0. The molecule has 0 amide bonds. The van der Waals surface area contributed by atoms with Crippen molar-refractivity contribution in [2.75, 3.05) is 0 Å². The standard InChI is InChI=1S/C49H31NS2/c1-3-15-32(16-4-1)33-29-30-46-42(31-33)49(39-23-8-11-27-44(39)51-46)40-24-9-12-28-45(40)52-48-38(22-14-25-41(48)49)37-21-13-20-36-35-19-7-10-26-43(35)50(47(36)37)34-17-5-2-6-18-34/h1-31H. The predicted molar refractivity (Wildman–Crippen MR) is 218 cm³/mol. The lowest BCUT2D eigenvalue weighted by molar-refractivity contribution is 0.668. The quantitative estimate of drug-likeness (QED) is 0.181. The Morgan fingerprint density at radius 2 is 0.981 bits per heavy atom. The van der Waals surface area contributed by atoms with Crippen LogP contribution in [0.4, 0.5) is 0 Å². The van der Waals surface area contributed by atoms with E-state index in [4.69, 9.17) is 0 Å². The van der Waals surface area contributed by atoms with Gasteiger partial charge in [0.25, 0.3) is 0 Å². The maximum atomic E-state index is 2.48. The van der Waals surface area contributed by atoms with Crippen LogP contribution in [-0.2, 0) is 5.41 Å². The molecule has 1 nitrogen and oxygen atoms in total. The van der Waals surface area contributed by atoms with Crippen molar-refractivity contribution in [1.82, 2.24) is 4.57 Å². The van der Waals surface area contributed by atoms with Gasteiger partial charge in [-0.15, -0.1) is 0 Å². The summed E-state index contributed by atoms with van der Waals surface area (Å²) in [6, 6.07) is 69.7. The molecule has 0 fully saturated rings. The first kappa shape index (κ1) is 29.9. The largest absolute Gasteiger partial charge is 0.309 e. The van der Waals surface area contributed by atoms with Crippen LogP contribution in [0, 0.1) is 0 Å². The Labute approximate surface area is 311 Å². The van der Waals surface area contributed by atoms with Crippen LogP contribution in [0.1, 0.15) is 22.3 Å². The second-order valence-corrected chi connectivity index (χ2v) is 15.7. The summed E-state index contributed by atoms with van der Waals surface area (Å²) in [5.74, 6) is 0. The lowest BCUT2D eigenvalue weighted by Gasteiger charge is -2.46. The minimum atomic E-state index is -0.505. The van der Waals surface area contributed by atoms with Crippen molar-refractivity contribution in [1.29, 1.82) is 0 Å². The minimum Gasteiger partial charge on any atom is -0.309 e. The molecule has 3 heterocycles. The molecular weight excluding hydrogens is 667 g/mol. The summed E-state index contributed by atoms with van der Waals surface area (Å²) in [6.07, 6.45) is 0. The molecule has 0 N–H and O–H groups in total. The van der Waals surface area contributed by atoms with Crippen LogP contribution in [0.25, 0.3) is 49.7 Å². The summed E-state index contributed by atoms with van der Waals surface area (Å²) < 4.78 is 2.46. The molecule has 52 heavy (non-hydrogen) atoms. The maximum Gasteiger partial charge on any atom is 0.0745 e. The zero-order valence-corrected chi connectivity index (χ0v) is 29.8. The number of fused-ring (bicyclic) bond motifs is 11. The first-order valence-corrected chi connectivity index (χ1v) is 19.4. The highest BCUT2D eigenvalue weighted by Gasteiger charge is 2.49. The average molecular weight is 698 g/mol. The Hall–Kier alpha value is -5.74. The van der Waals surface area contributed by atoms with E-state index in [0.717, 1.165) is 0 Å². The van der Waals surface area contributed by atoms with Crippen LogP contribution >= 0.6 is 23.5 Å². The van der Waals surface area contributed by atoms with E-state index in [0.29, 0.717) is 0 Å². The topological polar surface area (TPSA) is 4.93 Å². The second kappa shape index (κ2) is 11.6. The normalized spacial score (nSPS) is 15.6. The van der Waals surface area contributed by atoms with Gasteiger partial charge in [-0.3, -0.25) is 0 Å². The highest BCUT2D eigenvalue weighted by molar-refractivity contribution is 8.00. The number of aromatic nitrogens is 1. The van der Waals surface area contributed by atoms with E-state index >= 15 is 0 Å². The van der Waals surface area contributed by atoms with Crippen molar-refractivity contribution in [3.63, 3.8) is 0 Å². The fourth-order valence-electron chi connectivity index (χ4n) is 8.79. The molecule has 1 unspecified atom stereocenters. The van der Waals surface area contributed by atoms with Crippen molar-refractivity contribution < 1.29 is 0 Å². The van der Waals surface area contributed by atoms with Gasteiger partial charge in [0.15, 0.2) is 0 Å². The summed E-state index contributed by atoms with van der Waals surface area (Å²) in [7, 11) is 0. The van der Waals surface area contributed by atoms with Crippen LogP contribution in [0.2, 0.25) is 0 Å². The van der Waals surface area contributed by atoms with Crippen LogP contribution in [0.5, 0.6) is 0 Å². The van der Waals surface area contributed by atoms with Gasteiger partial charge >= 0.3 is 0 Å². The molecule has 1 spiro atoms. The summed E-state index contributed by atoms with van der Waals surface area (Å²) in [4.78, 5) is 5.24. The smallest absolute Gasteiger partial charge is 0.0745 e. The molecule has 9 aromatic rings. The molecule has 0 radical (unpaired) electrons. The average Bonchev–Trinajstić information content (AvgIpc) is 3.56. The summed E-state index contributed by atoms with van der Waals surface area (Å²) in [5, 5.41) is 2.53. The van der Waals surface area contributed by atoms with Gasteiger partial charge < -0.3 is 4.57 Å². The molecule has 3 heteroatoms. The summed E-state index contributed by atoms with van der Waals surface area (Å²) in [5.41, 5.74) is 13.5. The van der Waals surface area contributed by atoms with Crippen molar-refractivity contribution in [2.45, 2.75) is 25.0 Å². The van der Waals surface area contributed by atoms with Gasteiger partial charge in [0.2, 0.25) is 0 Å². The van der Waals surface area contributed by atoms with Crippen molar-refractivity contribution in [3.05, 3.63) is 210 Å². The van der Waals surface area contributed by atoms with E-state index in [1.807, 2.05) is 23.5 Å². The van der Waals surface area contributed by atoms with E-state index in [9.17, 15) is 0 Å². The van der Waals surface area contributed by atoms with Crippen LogP contribution in [0.3, 0.4) is 0 Å². The first-order valence-electron chi connectivity index (χ1n) is 17.8. The lowest BCUT2D eigenvalue weighted by Crippen LogP contribution is -2.36. The third-order valence-corrected chi connectivity index (χ3v) is 13.3. The molecule has 244 valence electrons. The molecule has 1 aromatic heterocycles. The van der Waals surface area contributed by atoms with Crippen molar-refractivity contribution in [3.8, 4) is 27.9 Å². The van der Waals surface area contributed by atoms with E-state index in [1.165, 1.54) is 91.6 Å². The highest BCUT2D eigenvalue weighted by atomic mass is 32.2. The Balaban J connectivity index is 1.26. The van der Waals surface area contributed by atoms with Gasteiger partial charge in [-0.1, -0.05) is 169 Å². The zero-order chi connectivity index (χ0) is 34.2. The van der Waals surface area contributed by atoms with E-state index in [-0.39, 0.29) is 0 Å². The summed E-state index contributed by atoms with van der Waals surface area (Å²) in [6.45, 7) is 0. The number of benzene rings is 8. The van der Waals surface area contributed by atoms with Gasteiger partial charge in [0.05, 0.1) is 16.4 Å². The molecule has 0 bridgehead atoms. The Kier molecular flexibility index (Phi) is 6.70.